The Morgan fingerprint density at radius 2 is 1.74 bits per heavy atom. The van der Waals surface area contributed by atoms with Crippen LogP contribution in [0.3, 0.4) is 0 Å². The monoisotopic (exact) mass is 811 g/mol. The van der Waals surface area contributed by atoms with Crippen molar-refractivity contribution in [3.05, 3.63) is 93.7 Å². The summed E-state index contributed by atoms with van der Waals surface area (Å²) in [6.07, 6.45) is 0.808. The van der Waals surface area contributed by atoms with Crippen LogP contribution < -0.4 is 15.3 Å². The molecule has 3 aliphatic rings. The van der Waals surface area contributed by atoms with Crippen molar-refractivity contribution in [2.75, 3.05) is 33.3 Å². The van der Waals surface area contributed by atoms with Gasteiger partial charge >= 0.3 is 30.9 Å². The first-order valence-corrected chi connectivity index (χ1v) is 18.0. The average molecular weight is 812 g/mol. The van der Waals surface area contributed by atoms with E-state index in [1.54, 1.807) is 17.0 Å². The van der Waals surface area contributed by atoms with Crippen molar-refractivity contribution in [3.63, 3.8) is 0 Å². The van der Waals surface area contributed by atoms with E-state index in [2.05, 4.69) is 17.2 Å². The second kappa shape index (κ2) is 16.6. The Bertz CT molecular complexity index is 2150. The lowest BCUT2D eigenvalue weighted by atomic mass is 9.71. The van der Waals surface area contributed by atoms with Gasteiger partial charge in [-0.15, -0.1) is 0 Å². The van der Waals surface area contributed by atoms with Crippen molar-refractivity contribution in [3.8, 4) is 23.0 Å². The number of amides is 5. The second-order valence-corrected chi connectivity index (χ2v) is 14.1. The predicted octanol–water partition coefficient (Wildman–Crippen LogP) is 2.87. The number of benzene rings is 3. The average Bonchev–Trinajstić information content (AvgIpc) is 3.18. The summed E-state index contributed by atoms with van der Waals surface area (Å²) < 4.78 is 40.4. The van der Waals surface area contributed by atoms with Gasteiger partial charge in [-0.3, -0.25) is 19.3 Å². The van der Waals surface area contributed by atoms with Gasteiger partial charge in [-0.05, 0) is 54.7 Å². The Morgan fingerprint density at radius 3 is 2.40 bits per heavy atom. The van der Waals surface area contributed by atoms with Crippen LogP contribution in [0.1, 0.15) is 45.9 Å². The molecule has 0 saturated carbocycles. The zero-order chi connectivity index (χ0) is 41.3. The van der Waals surface area contributed by atoms with Gasteiger partial charge in [-0.1, -0.05) is 36.4 Å². The number of rotatable bonds is 10. The summed E-state index contributed by atoms with van der Waals surface area (Å²) in [6, 6.07) is 6.30. The van der Waals surface area contributed by atoms with Crippen molar-refractivity contribution in [1.82, 2.24) is 25.3 Å². The minimum Gasteiger partial charge on any atom is -0.534 e. The smallest absolute Gasteiger partial charge is 0.534 e. The maximum Gasteiger partial charge on any atom is 0.549 e. The minimum absolute atomic E-state index is 0.0311. The lowest BCUT2D eigenvalue weighted by Crippen LogP contribution is -2.62. The van der Waals surface area contributed by atoms with Gasteiger partial charge in [-0.25, -0.2) is 18.4 Å². The van der Waals surface area contributed by atoms with E-state index >= 15 is 0 Å². The number of nitrogens with zero attached hydrogens (tertiary/aromatic N) is 3. The molecule has 0 spiro atoms. The Hall–Kier alpha value is -6.08. The van der Waals surface area contributed by atoms with E-state index < -0.39 is 82.7 Å². The Balaban J connectivity index is 1.16. The Kier molecular flexibility index (Phi) is 11.8. The summed E-state index contributed by atoms with van der Waals surface area (Å²) in [5, 5.41) is 44.5. The van der Waals surface area contributed by atoms with Gasteiger partial charge in [0.25, 0.3) is 0 Å². The second-order valence-electron chi connectivity index (χ2n) is 13.7. The number of phenolic OH excluding ortho intramolecular Hbond substituents is 3. The van der Waals surface area contributed by atoms with E-state index in [0.29, 0.717) is 36.4 Å². The highest BCUT2D eigenvalue weighted by molar-refractivity contribution is 6.48. The molecule has 3 aliphatic heterocycles. The molecule has 0 bridgehead atoms. The maximum atomic E-state index is 14.8. The fraction of sp³-hybridized carbons (Fsp3) is 0.324. The first-order valence-electron chi connectivity index (χ1n) is 17.7. The topological polar surface area (TPSA) is 219 Å². The molecule has 20 heteroatoms. The number of phenols is 3. The number of piperidine rings is 1. The molecule has 300 valence electrons. The number of piperazine rings is 1. The molecule has 0 aliphatic carbocycles. The van der Waals surface area contributed by atoms with E-state index in [9.17, 15) is 53.2 Å². The van der Waals surface area contributed by atoms with Gasteiger partial charge in [0, 0.05) is 50.6 Å². The largest absolute Gasteiger partial charge is 0.549 e. The highest BCUT2D eigenvalue weighted by Gasteiger charge is 2.43. The van der Waals surface area contributed by atoms with Crippen LogP contribution in [0, 0.1) is 11.6 Å². The van der Waals surface area contributed by atoms with Crippen molar-refractivity contribution in [2.24, 2.45) is 0 Å². The minimum atomic E-state index is -1.57. The van der Waals surface area contributed by atoms with Gasteiger partial charge in [-0.2, -0.15) is 0 Å². The van der Waals surface area contributed by atoms with Crippen LogP contribution in [0.5, 0.6) is 23.0 Å². The van der Waals surface area contributed by atoms with Gasteiger partial charge in [0.1, 0.15) is 22.9 Å². The van der Waals surface area contributed by atoms with E-state index in [4.69, 9.17) is 20.9 Å². The molecule has 0 aromatic heterocycles. The van der Waals surface area contributed by atoms with Crippen LogP contribution in [-0.2, 0) is 31.9 Å². The normalized spacial score (nSPS) is 17.8. The highest BCUT2D eigenvalue weighted by Crippen LogP contribution is 2.42. The molecule has 16 nitrogen and oxygen atoms in total. The number of carbonyl (C=O) groups excluding carboxylic acids is 4. The summed E-state index contributed by atoms with van der Waals surface area (Å²) >= 11 is 6.33. The zero-order valence-electron chi connectivity index (χ0n) is 30.3. The van der Waals surface area contributed by atoms with Crippen molar-refractivity contribution >= 4 is 48.4 Å². The third-order valence-corrected chi connectivity index (χ3v) is 10.5. The molecular formula is C37H37BClF2N5O11. The molecule has 3 heterocycles. The number of hydrogen-bond acceptors (Lipinski definition) is 11. The van der Waals surface area contributed by atoms with Crippen molar-refractivity contribution in [1.29, 1.82) is 0 Å². The number of imide groups is 1. The number of fused-ring (bicyclic) bond motifs is 1. The number of aromatic carboxylic acids is 1. The quantitative estimate of drug-likeness (QED) is 0.0990. The zero-order valence-corrected chi connectivity index (χ0v) is 31.1. The third kappa shape index (κ3) is 8.25. The first kappa shape index (κ1) is 40.6. The molecule has 6 N–H and O–H groups in total. The summed E-state index contributed by atoms with van der Waals surface area (Å²) in [5.41, 5.74) is -0.251. The molecule has 2 unspecified atom stereocenters. The molecule has 0 radical (unpaired) electrons. The Labute approximate surface area is 329 Å². The van der Waals surface area contributed by atoms with E-state index in [-0.39, 0.29) is 60.2 Å². The number of halogens is 3. The van der Waals surface area contributed by atoms with Crippen LogP contribution in [0.2, 0.25) is 5.02 Å². The third-order valence-electron chi connectivity index (χ3n) is 10.2. The van der Waals surface area contributed by atoms with Crippen LogP contribution in [0.4, 0.5) is 13.6 Å². The van der Waals surface area contributed by atoms with Crippen LogP contribution >= 0.6 is 11.6 Å². The molecule has 3 aromatic rings. The first-order chi connectivity index (χ1) is 27.1. The molecule has 3 aromatic carbocycles. The molecule has 6 rings (SSSR count). The molecule has 2 saturated heterocycles. The number of urea groups is 1. The molecule has 2 atom stereocenters. The van der Waals surface area contributed by atoms with E-state index in [0.717, 1.165) is 12.1 Å². The summed E-state index contributed by atoms with van der Waals surface area (Å²) in [7, 11) is -0.0258. The number of nitrogens with one attached hydrogen (secondary N) is 2. The van der Waals surface area contributed by atoms with E-state index in [1.807, 2.05) is 0 Å². The number of aromatic hydroxyl groups is 3. The SMILES string of the molecule is C=C(NC1Cc2ccc(F)c(C(=O)O)c2OB1OC)C(NC(=O)N1CCN(C2CCN(C(=O)Cc3cccc(O)c3)CC2)C(=O)C1=O)c1cc(F)c(O)c(O)c1Cl. The Morgan fingerprint density at radius 1 is 1.02 bits per heavy atom. The van der Waals surface area contributed by atoms with Gasteiger partial charge < -0.3 is 50.2 Å². The lowest BCUT2D eigenvalue weighted by Gasteiger charge is -2.41. The number of carboxylic acid groups (broad SMARTS) is 1. The summed E-state index contributed by atoms with van der Waals surface area (Å²) in [5.74, 6) is -9.56. The van der Waals surface area contributed by atoms with Gasteiger partial charge in [0.05, 0.1) is 23.4 Å². The van der Waals surface area contributed by atoms with Crippen LogP contribution in [0.15, 0.2) is 54.7 Å². The van der Waals surface area contributed by atoms with Crippen LogP contribution in [-0.4, -0.2) is 117 Å². The molecule has 5 amide bonds. The standard InChI is InChI=1S/C37H37BClF2N5O11/c1-18(42-26-16-20-6-7-24(40)28(36(53)54)33(20)57-38(26)56-2)30(23-17-25(41)31(49)32(50)29(23)39)43-37(55)46-13-12-45(34(51)35(46)52)21-8-10-44(11-9-21)27(48)15-19-4-3-5-22(47)14-19/h3-7,14,17,21,26,30,42,47,49-50H,1,8-13,15-16H2,2H3,(H,43,55)(H,53,54). The number of carbonyl (C=O) groups is 5. The van der Waals surface area contributed by atoms with Crippen molar-refractivity contribution in [2.45, 2.75) is 43.7 Å². The lowest BCUT2D eigenvalue weighted by molar-refractivity contribution is -0.156. The summed E-state index contributed by atoms with van der Waals surface area (Å²) in [6.45, 7) is 4.30. The number of hydrogen-bond donors (Lipinski definition) is 6. The van der Waals surface area contributed by atoms with Crippen molar-refractivity contribution < 1.29 is 62.5 Å². The number of likely N-dealkylation sites (tertiary alicyclic amines) is 1. The highest BCUT2D eigenvalue weighted by atomic mass is 35.5. The van der Waals surface area contributed by atoms with Gasteiger partial charge in [0.2, 0.25) is 5.91 Å². The number of carboxylic acids is 1. The molecule has 2 fully saturated rings. The fourth-order valence-corrected chi connectivity index (χ4v) is 7.49. The maximum absolute atomic E-state index is 14.8. The molecular weight excluding hydrogens is 775 g/mol. The van der Waals surface area contributed by atoms with E-state index in [1.165, 1.54) is 30.2 Å². The molecule has 57 heavy (non-hydrogen) atoms. The van der Waals surface area contributed by atoms with Crippen LogP contribution in [0.25, 0.3) is 0 Å². The predicted molar refractivity (Wildman–Crippen MR) is 197 cm³/mol. The fourth-order valence-electron chi connectivity index (χ4n) is 7.24. The summed E-state index contributed by atoms with van der Waals surface area (Å²) in [4.78, 5) is 69.0. The van der Waals surface area contributed by atoms with Gasteiger partial charge in [0.15, 0.2) is 17.3 Å².